The van der Waals surface area contributed by atoms with Crippen molar-refractivity contribution in [1.82, 2.24) is 0 Å². The lowest BCUT2D eigenvalue weighted by Gasteiger charge is -2.01. The van der Waals surface area contributed by atoms with Crippen LogP contribution in [0.1, 0.15) is 10.4 Å². The normalized spacial score (nSPS) is 13.2. The van der Waals surface area contributed by atoms with Crippen molar-refractivity contribution in [2.75, 3.05) is 7.11 Å². The van der Waals surface area contributed by atoms with Crippen LogP contribution in [0.4, 0.5) is 0 Å². The van der Waals surface area contributed by atoms with Gasteiger partial charge in [0.2, 0.25) is 0 Å². The van der Waals surface area contributed by atoms with Crippen LogP contribution in [0.25, 0.3) is 0 Å². The van der Waals surface area contributed by atoms with E-state index in [4.69, 9.17) is 0 Å². The van der Waals surface area contributed by atoms with Gasteiger partial charge in [-0.1, -0.05) is 51.4 Å². The van der Waals surface area contributed by atoms with Crippen molar-refractivity contribution >= 4 is 22.1 Å². The third-order valence-electron chi connectivity index (χ3n) is 1.42. The fourth-order valence-electron chi connectivity index (χ4n) is 0.837. The molecule has 0 bridgehead atoms. The predicted molar refractivity (Wildman–Crippen MR) is 53.6 cm³/mol. The molecule has 0 saturated heterocycles. The highest BCUT2D eigenvalue weighted by molar-refractivity contribution is 9.09. The molecule has 1 aromatic rings. The van der Waals surface area contributed by atoms with Gasteiger partial charge in [-0.15, -0.1) is 0 Å². The van der Waals surface area contributed by atoms with E-state index < -0.39 is 0 Å². The first-order valence-electron chi connectivity index (χ1n) is 3.60. The Morgan fingerprint density at radius 3 is 2.67 bits per heavy atom. The monoisotopic (exact) mass is 227 g/mol. The highest BCUT2D eigenvalue weighted by Crippen LogP contribution is 2.19. The molecule has 2 nitrogen and oxygen atoms in total. The summed E-state index contributed by atoms with van der Waals surface area (Å²) in [6.45, 7) is 0. The zero-order chi connectivity index (χ0) is 8.81. The molecule has 1 unspecified atom stereocenters. The number of rotatable bonds is 3. The van der Waals surface area contributed by atoms with Crippen LogP contribution in [0.3, 0.4) is 0 Å². The van der Waals surface area contributed by atoms with Crippen molar-refractivity contribution in [3.05, 3.63) is 35.9 Å². The van der Waals surface area contributed by atoms with Crippen molar-refractivity contribution in [2.24, 2.45) is 5.16 Å². The zero-order valence-electron chi connectivity index (χ0n) is 6.77. The van der Waals surface area contributed by atoms with Gasteiger partial charge in [0.05, 0.1) is 11.0 Å². The lowest BCUT2D eigenvalue weighted by Crippen LogP contribution is -1.90. The lowest BCUT2D eigenvalue weighted by atomic mass is 10.2. The van der Waals surface area contributed by atoms with Crippen LogP contribution in [-0.2, 0) is 4.84 Å². The number of nitrogens with zero attached hydrogens (tertiary/aromatic N) is 1. The van der Waals surface area contributed by atoms with Gasteiger partial charge < -0.3 is 4.84 Å². The molecule has 1 aromatic carbocycles. The molecule has 0 fully saturated rings. The maximum absolute atomic E-state index is 4.57. The topological polar surface area (TPSA) is 21.6 Å². The molecule has 0 aromatic heterocycles. The molecule has 3 heteroatoms. The minimum atomic E-state index is 0.124. The van der Waals surface area contributed by atoms with Gasteiger partial charge in [-0.3, -0.25) is 0 Å². The summed E-state index contributed by atoms with van der Waals surface area (Å²) < 4.78 is 0. The first-order chi connectivity index (χ1) is 5.84. The number of hydrogen-bond donors (Lipinski definition) is 0. The van der Waals surface area contributed by atoms with Crippen molar-refractivity contribution in [2.45, 2.75) is 4.83 Å². The van der Waals surface area contributed by atoms with Gasteiger partial charge in [0, 0.05) is 0 Å². The average molecular weight is 228 g/mol. The Kier molecular flexibility index (Phi) is 3.80. The second-order valence-electron chi connectivity index (χ2n) is 2.25. The van der Waals surface area contributed by atoms with Gasteiger partial charge >= 0.3 is 0 Å². The smallest absolute Gasteiger partial charge is 0.106 e. The van der Waals surface area contributed by atoms with E-state index in [1.165, 1.54) is 12.7 Å². The minimum Gasteiger partial charge on any atom is -0.399 e. The third kappa shape index (κ3) is 2.66. The van der Waals surface area contributed by atoms with Gasteiger partial charge in [-0.25, -0.2) is 0 Å². The highest BCUT2D eigenvalue weighted by atomic mass is 79.9. The fraction of sp³-hybridized carbons (Fsp3) is 0.222. The van der Waals surface area contributed by atoms with Crippen LogP contribution in [0.2, 0.25) is 0 Å². The molecule has 0 aliphatic carbocycles. The van der Waals surface area contributed by atoms with E-state index >= 15 is 0 Å². The Balaban J connectivity index is 2.65. The second-order valence-corrected chi connectivity index (χ2v) is 3.24. The fourth-order valence-corrected chi connectivity index (χ4v) is 1.24. The quantitative estimate of drug-likeness (QED) is 0.442. The van der Waals surface area contributed by atoms with Gasteiger partial charge in [0.15, 0.2) is 0 Å². The molecule has 0 amide bonds. The first-order valence-corrected chi connectivity index (χ1v) is 4.52. The van der Waals surface area contributed by atoms with Gasteiger partial charge in [0.25, 0.3) is 0 Å². The zero-order valence-corrected chi connectivity index (χ0v) is 8.36. The lowest BCUT2D eigenvalue weighted by molar-refractivity contribution is 0.215. The maximum atomic E-state index is 4.57. The van der Waals surface area contributed by atoms with Crippen LogP contribution >= 0.6 is 15.9 Å². The Bertz CT molecular complexity index is 248. The third-order valence-corrected chi connectivity index (χ3v) is 2.18. The van der Waals surface area contributed by atoms with E-state index in [0.29, 0.717) is 0 Å². The van der Waals surface area contributed by atoms with Crippen LogP contribution in [0.15, 0.2) is 35.5 Å². The molecule has 0 aliphatic heterocycles. The molecule has 0 saturated carbocycles. The van der Waals surface area contributed by atoms with E-state index in [1.807, 2.05) is 30.3 Å². The van der Waals surface area contributed by atoms with Crippen LogP contribution in [0.5, 0.6) is 0 Å². The van der Waals surface area contributed by atoms with E-state index in [-0.39, 0.29) is 4.83 Å². The minimum absolute atomic E-state index is 0.124. The molecule has 0 spiro atoms. The summed E-state index contributed by atoms with van der Waals surface area (Å²) in [6, 6.07) is 10.0. The molecule has 0 aliphatic rings. The molecule has 12 heavy (non-hydrogen) atoms. The summed E-state index contributed by atoms with van der Waals surface area (Å²) in [4.78, 5) is 4.70. The summed E-state index contributed by atoms with van der Waals surface area (Å²) in [6.07, 6.45) is 1.70. The summed E-state index contributed by atoms with van der Waals surface area (Å²) in [5.41, 5.74) is 1.17. The maximum Gasteiger partial charge on any atom is 0.106 e. The Morgan fingerprint density at radius 1 is 1.42 bits per heavy atom. The number of alkyl halides is 1. The SMILES string of the molecule is CO/N=C/C(Br)c1ccccc1. The van der Waals surface area contributed by atoms with E-state index in [0.717, 1.165) is 0 Å². The van der Waals surface area contributed by atoms with E-state index in [2.05, 4.69) is 25.9 Å². The molecule has 64 valence electrons. The molecular weight excluding hydrogens is 218 g/mol. The molecule has 1 atom stereocenters. The Morgan fingerprint density at radius 2 is 2.08 bits per heavy atom. The van der Waals surface area contributed by atoms with E-state index in [9.17, 15) is 0 Å². The average Bonchev–Trinajstić information content (AvgIpc) is 2.15. The summed E-state index contributed by atoms with van der Waals surface area (Å²) in [5.74, 6) is 0. The number of benzene rings is 1. The molecule has 0 heterocycles. The van der Waals surface area contributed by atoms with Crippen LogP contribution in [0, 0.1) is 0 Å². The van der Waals surface area contributed by atoms with Crippen LogP contribution in [-0.4, -0.2) is 13.3 Å². The van der Waals surface area contributed by atoms with Crippen molar-refractivity contribution in [3.63, 3.8) is 0 Å². The van der Waals surface area contributed by atoms with Crippen LogP contribution < -0.4 is 0 Å². The molecule has 1 rings (SSSR count). The number of oxime groups is 1. The molecule has 0 N–H and O–H groups in total. The van der Waals surface area contributed by atoms with Gasteiger partial charge in [0.1, 0.15) is 7.11 Å². The summed E-state index contributed by atoms with van der Waals surface area (Å²) in [7, 11) is 1.53. The summed E-state index contributed by atoms with van der Waals surface area (Å²) in [5, 5.41) is 3.68. The van der Waals surface area contributed by atoms with Crippen molar-refractivity contribution < 1.29 is 4.84 Å². The molecular formula is C9H10BrNO. The Hall–Kier alpha value is -0.830. The number of hydrogen-bond acceptors (Lipinski definition) is 2. The van der Waals surface area contributed by atoms with E-state index in [1.54, 1.807) is 6.21 Å². The van der Waals surface area contributed by atoms with Crippen molar-refractivity contribution in [3.8, 4) is 0 Å². The van der Waals surface area contributed by atoms with Gasteiger partial charge in [-0.05, 0) is 5.56 Å². The summed E-state index contributed by atoms with van der Waals surface area (Å²) >= 11 is 3.46. The first kappa shape index (κ1) is 9.26. The van der Waals surface area contributed by atoms with Crippen molar-refractivity contribution in [1.29, 1.82) is 0 Å². The second kappa shape index (κ2) is 4.93. The molecule has 0 radical (unpaired) electrons. The Labute approximate surface area is 80.4 Å². The predicted octanol–water partition coefficient (Wildman–Crippen LogP) is 2.75. The largest absolute Gasteiger partial charge is 0.399 e. The number of halogens is 1. The van der Waals surface area contributed by atoms with Gasteiger partial charge in [-0.2, -0.15) is 0 Å². The standard InChI is InChI=1S/C9H10BrNO/c1-12-11-7-9(10)8-5-3-2-4-6-8/h2-7,9H,1H3/b11-7+. The highest BCUT2D eigenvalue weighted by Gasteiger charge is 2.01.